The van der Waals surface area contributed by atoms with Gasteiger partial charge in [-0.3, -0.25) is 4.79 Å². The molecule has 0 atom stereocenters. The number of methoxy groups -OCH3 is 1. The predicted octanol–water partition coefficient (Wildman–Crippen LogP) is 3.92. The van der Waals surface area contributed by atoms with E-state index in [1.165, 1.54) is 12.0 Å². The molecule has 0 fully saturated rings. The van der Waals surface area contributed by atoms with Gasteiger partial charge in [-0.25, -0.2) is 9.79 Å². The first-order valence-corrected chi connectivity index (χ1v) is 9.94. The molecule has 0 bridgehead atoms. The SMILES string of the molecule is COc1cc(C=C2N=C(c3cccc(Cl)c3)OC2=O)cc(Br)c1OCC(=O)N(C)C. The number of hydrogen-bond acceptors (Lipinski definition) is 6. The Bertz CT molecular complexity index is 1070. The molecule has 2 aromatic rings. The third-order valence-electron chi connectivity index (χ3n) is 4.09. The van der Waals surface area contributed by atoms with Crippen LogP contribution in [0.15, 0.2) is 51.6 Å². The summed E-state index contributed by atoms with van der Waals surface area (Å²) in [6, 6.07) is 10.3. The van der Waals surface area contributed by atoms with Crippen LogP contribution in [0.25, 0.3) is 6.08 Å². The first-order chi connectivity index (χ1) is 14.3. The van der Waals surface area contributed by atoms with Crippen LogP contribution in [0, 0.1) is 0 Å². The Hall–Kier alpha value is -2.84. The van der Waals surface area contributed by atoms with Gasteiger partial charge in [-0.05, 0) is 57.9 Å². The molecule has 30 heavy (non-hydrogen) atoms. The number of ether oxygens (including phenoxy) is 3. The first kappa shape index (κ1) is 21.9. The topological polar surface area (TPSA) is 77.4 Å². The summed E-state index contributed by atoms with van der Waals surface area (Å²) in [6.45, 7) is -0.137. The minimum absolute atomic E-state index is 0.135. The summed E-state index contributed by atoms with van der Waals surface area (Å²) in [6.07, 6.45) is 1.57. The highest BCUT2D eigenvalue weighted by molar-refractivity contribution is 9.10. The fourth-order valence-corrected chi connectivity index (χ4v) is 3.30. The van der Waals surface area contributed by atoms with Crippen molar-refractivity contribution >= 4 is 51.4 Å². The minimum atomic E-state index is -0.572. The van der Waals surface area contributed by atoms with E-state index < -0.39 is 5.97 Å². The second kappa shape index (κ2) is 9.32. The van der Waals surface area contributed by atoms with Crippen molar-refractivity contribution in [2.75, 3.05) is 27.8 Å². The second-order valence-corrected chi connectivity index (χ2v) is 7.75. The maximum absolute atomic E-state index is 12.2. The average molecular weight is 494 g/mol. The molecular formula is C21H18BrClN2O5. The zero-order chi connectivity index (χ0) is 21.8. The van der Waals surface area contributed by atoms with Crippen LogP contribution in [0.1, 0.15) is 11.1 Å². The van der Waals surface area contributed by atoms with Crippen molar-refractivity contribution in [1.29, 1.82) is 0 Å². The lowest BCUT2D eigenvalue weighted by molar-refractivity contribution is -0.131. The van der Waals surface area contributed by atoms with Gasteiger partial charge < -0.3 is 19.1 Å². The normalized spacial score (nSPS) is 14.4. The summed E-state index contributed by atoms with van der Waals surface area (Å²) in [5.41, 5.74) is 1.37. The molecular weight excluding hydrogens is 476 g/mol. The molecule has 156 valence electrons. The molecule has 2 aromatic carbocycles. The Kier molecular flexibility index (Phi) is 6.79. The smallest absolute Gasteiger partial charge is 0.363 e. The Morgan fingerprint density at radius 3 is 2.73 bits per heavy atom. The molecule has 0 aromatic heterocycles. The third kappa shape index (κ3) is 5.01. The molecule has 7 nitrogen and oxygen atoms in total. The molecule has 0 unspecified atom stereocenters. The van der Waals surface area contributed by atoms with E-state index >= 15 is 0 Å². The Morgan fingerprint density at radius 2 is 2.07 bits per heavy atom. The number of nitrogens with zero attached hydrogens (tertiary/aromatic N) is 2. The molecule has 1 aliphatic heterocycles. The lowest BCUT2D eigenvalue weighted by Gasteiger charge is -2.15. The first-order valence-electron chi connectivity index (χ1n) is 8.77. The van der Waals surface area contributed by atoms with Gasteiger partial charge in [0.1, 0.15) is 0 Å². The zero-order valence-corrected chi connectivity index (χ0v) is 18.8. The number of carbonyl (C=O) groups is 2. The number of esters is 1. The van der Waals surface area contributed by atoms with E-state index in [9.17, 15) is 9.59 Å². The van der Waals surface area contributed by atoms with Crippen molar-refractivity contribution in [3.63, 3.8) is 0 Å². The molecule has 1 aliphatic rings. The molecule has 0 N–H and O–H groups in total. The van der Waals surface area contributed by atoms with E-state index in [0.717, 1.165) is 0 Å². The third-order valence-corrected chi connectivity index (χ3v) is 4.91. The number of halogens is 2. The van der Waals surface area contributed by atoms with E-state index in [1.54, 1.807) is 56.6 Å². The van der Waals surface area contributed by atoms with Gasteiger partial charge in [0.2, 0.25) is 5.90 Å². The summed E-state index contributed by atoms with van der Waals surface area (Å²) in [7, 11) is 4.77. The number of amides is 1. The van der Waals surface area contributed by atoms with Gasteiger partial charge in [0.15, 0.2) is 23.8 Å². The van der Waals surface area contributed by atoms with E-state index in [1.807, 2.05) is 0 Å². The molecule has 3 rings (SSSR count). The van der Waals surface area contributed by atoms with Crippen LogP contribution < -0.4 is 9.47 Å². The van der Waals surface area contributed by atoms with E-state index in [0.29, 0.717) is 32.1 Å². The number of aliphatic imine (C=N–C) groups is 1. The van der Waals surface area contributed by atoms with Gasteiger partial charge in [-0.15, -0.1) is 0 Å². The van der Waals surface area contributed by atoms with Crippen LogP contribution in [0.5, 0.6) is 11.5 Å². The zero-order valence-electron chi connectivity index (χ0n) is 16.4. The maximum Gasteiger partial charge on any atom is 0.363 e. The second-order valence-electron chi connectivity index (χ2n) is 6.46. The molecule has 1 heterocycles. The van der Waals surface area contributed by atoms with Crippen molar-refractivity contribution < 1.29 is 23.8 Å². The molecule has 0 saturated heterocycles. The van der Waals surface area contributed by atoms with Gasteiger partial charge >= 0.3 is 5.97 Å². The van der Waals surface area contributed by atoms with Gasteiger partial charge in [-0.1, -0.05) is 17.7 Å². The Morgan fingerprint density at radius 1 is 1.30 bits per heavy atom. The maximum atomic E-state index is 12.2. The highest BCUT2D eigenvalue weighted by Gasteiger charge is 2.24. The largest absolute Gasteiger partial charge is 0.493 e. The van der Waals surface area contributed by atoms with Crippen LogP contribution in [0.3, 0.4) is 0 Å². The lowest BCUT2D eigenvalue weighted by atomic mass is 10.1. The fraction of sp³-hybridized carbons (Fsp3) is 0.190. The number of rotatable bonds is 6. The van der Waals surface area contributed by atoms with Crippen LogP contribution >= 0.6 is 27.5 Å². The Labute approximate surface area is 187 Å². The van der Waals surface area contributed by atoms with Crippen LogP contribution in [-0.2, 0) is 14.3 Å². The van der Waals surface area contributed by atoms with E-state index in [4.69, 9.17) is 25.8 Å². The van der Waals surface area contributed by atoms with Gasteiger partial charge in [0.05, 0.1) is 11.6 Å². The van der Waals surface area contributed by atoms with Crippen molar-refractivity contribution in [3.8, 4) is 11.5 Å². The summed E-state index contributed by atoms with van der Waals surface area (Å²) in [4.78, 5) is 29.7. The van der Waals surface area contributed by atoms with Gasteiger partial charge in [0, 0.05) is 24.7 Å². The number of likely N-dealkylation sites (N-methyl/N-ethyl adjacent to an activating group) is 1. The molecule has 0 saturated carbocycles. The van der Waals surface area contributed by atoms with Crippen molar-refractivity contribution in [3.05, 3.63) is 62.7 Å². The molecule has 1 amide bonds. The van der Waals surface area contributed by atoms with E-state index in [2.05, 4.69) is 20.9 Å². The highest BCUT2D eigenvalue weighted by Crippen LogP contribution is 2.37. The molecule has 0 spiro atoms. The number of cyclic esters (lactones) is 1. The molecule has 0 aliphatic carbocycles. The van der Waals surface area contributed by atoms with Crippen molar-refractivity contribution in [1.82, 2.24) is 4.90 Å². The predicted molar refractivity (Wildman–Crippen MR) is 117 cm³/mol. The fourth-order valence-electron chi connectivity index (χ4n) is 2.54. The van der Waals surface area contributed by atoms with Crippen molar-refractivity contribution in [2.45, 2.75) is 0 Å². The van der Waals surface area contributed by atoms with Gasteiger partial charge in [-0.2, -0.15) is 0 Å². The minimum Gasteiger partial charge on any atom is -0.493 e. The van der Waals surface area contributed by atoms with Crippen LogP contribution in [0.2, 0.25) is 5.02 Å². The standard InChI is InChI=1S/C21H18BrClN2O5/c1-25(2)18(26)11-29-19-15(22)7-12(9-17(19)28-3)8-16-21(27)30-20(24-16)13-5-4-6-14(23)10-13/h4-10H,11H2,1-3H3. The number of benzene rings is 2. The van der Waals surface area contributed by atoms with E-state index in [-0.39, 0.29) is 24.1 Å². The monoisotopic (exact) mass is 492 g/mol. The highest BCUT2D eigenvalue weighted by atomic mass is 79.9. The van der Waals surface area contributed by atoms with Crippen molar-refractivity contribution in [2.24, 2.45) is 4.99 Å². The van der Waals surface area contributed by atoms with Crippen LogP contribution in [-0.4, -0.2) is 50.5 Å². The summed E-state index contributed by atoms with van der Waals surface area (Å²) in [5.74, 6) is 0.200. The van der Waals surface area contributed by atoms with Crippen LogP contribution in [0.4, 0.5) is 0 Å². The Balaban J connectivity index is 1.88. The quantitative estimate of drug-likeness (QED) is 0.450. The van der Waals surface area contributed by atoms with Gasteiger partial charge in [0.25, 0.3) is 5.91 Å². The number of hydrogen-bond donors (Lipinski definition) is 0. The molecule has 9 heteroatoms. The summed E-state index contributed by atoms with van der Waals surface area (Å²) >= 11 is 9.41. The lowest BCUT2D eigenvalue weighted by Crippen LogP contribution is -2.27. The number of carbonyl (C=O) groups excluding carboxylic acids is 2. The summed E-state index contributed by atoms with van der Waals surface area (Å²) in [5, 5.41) is 0.515. The average Bonchev–Trinajstić information content (AvgIpc) is 3.06. The summed E-state index contributed by atoms with van der Waals surface area (Å²) < 4.78 is 16.8. The molecule has 0 radical (unpaired) electrons.